The summed E-state index contributed by atoms with van der Waals surface area (Å²) in [6.07, 6.45) is 2.79. The number of carbonyl (C=O) groups excluding carboxylic acids is 1. The van der Waals surface area contributed by atoms with Crippen LogP contribution in [-0.2, 0) is 19.0 Å². The number of imidazole rings is 1. The van der Waals surface area contributed by atoms with E-state index in [-0.39, 0.29) is 37.1 Å². The van der Waals surface area contributed by atoms with Crippen molar-refractivity contribution in [2.24, 2.45) is 5.41 Å². The summed E-state index contributed by atoms with van der Waals surface area (Å²) in [5.41, 5.74) is 1.50. The normalized spacial score (nSPS) is 22.9. The molecule has 0 radical (unpaired) electrons. The Morgan fingerprint density at radius 2 is 1.95 bits per heavy atom. The standard InChI is InChI=1S/C28H35FN6O5/c1-28(26(36)31-15-20-5-4-13-37-20)16-39-25(40-17-28)24-33-22(18-6-8-19(29)9-7-18)23(34-24)21-10-11-30-27(32-21)38-14-12-35(2)3/h6-11,20,25H,4-5,12-17H2,1-3H3,(H,31,36)(H,33,34). The maximum atomic E-state index is 13.7. The number of aromatic amines is 1. The molecule has 2 aromatic heterocycles. The van der Waals surface area contributed by atoms with Crippen LogP contribution in [0.5, 0.6) is 6.01 Å². The monoisotopic (exact) mass is 554 g/mol. The van der Waals surface area contributed by atoms with Crippen molar-refractivity contribution in [2.75, 3.05) is 53.6 Å². The van der Waals surface area contributed by atoms with Gasteiger partial charge in [0, 0.05) is 31.5 Å². The Bertz CT molecular complexity index is 1290. The summed E-state index contributed by atoms with van der Waals surface area (Å²) in [7, 11) is 3.91. The molecule has 1 atom stereocenters. The van der Waals surface area contributed by atoms with Crippen LogP contribution in [0.4, 0.5) is 4.39 Å². The van der Waals surface area contributed by atoms with Gasteiger partial charge in [-0.05, 0) is 64.2 Å². The number of amides is 1. The van der Waals surface area contributed by atoms with Crippen LogP contribution in [0.2, 0.25) is 0 Å². The molecule has 0 spiro atoms. The molecule has 0 saturated carbocycles. The molecule has 214 valence electrons. The lowest BCUT2D eigenvalue weighted by atomic mass is 9.91. The van der Waals surface area contributed by atoms with Crippen molar-refractivity contribution in [3.63, 3.8) is 0 Å². The molecule has 0 aliphatic carbocycles. The maximum absolute atomic E-state index is 13.7. The molecule has 2 aliphatic rings. The Kier molecular flexibility index (Phi) is 8.69. The zero-order valence-corrected chi connectivity index (χ0v) is 23.0. The predicted octanol–water partition coefficient (Wildman–Crippen LogP) is 2.96. The fourth-order valence-corrected chi connectivity index (χ4v) is 4.50. The first-order chi connectivity index (χ1) is 19.3. The zero-order valence-electron chi connectivity index (χ0n) is 23.0. The van der Waals surface area contributed by atoms with Crippen molar-refractivity contribution in [1.82, 2.24) is 30.2 Å². The lowest BCUT2D eigenvalue weighted by molar-refractivity contribution is -0.231. The Labute approximate surface area is 232 Å². The van der Waals surface area contributed by atoms with Crippen molar-refractivity contribution >= 4 is 5.91 Å². The molecule has 2 N–H and O–H groups in total. The number of likely N-dealkylation sites (N-methyl/N-ethyl adjacent to an activating group) is 1. The summed E-state index contributed by atoms with van der Waals surface area (Å²) in [6.45, 7) is 4.45. The summed E-state index contributed by atoms with van der Waals surface area (Å²) in [6, 6.07) is 8.00. The van der Waals surface area contributed by atoms with Crippen LogP contribution in [0.15, 0.2) is 36.5 Å². The van der Waals surface area contributed by atoms with Gasteiger partial charge in [-0.15, -0.1) is 0 Å². The van der Waals surface area contributed by atoms with Crippen LogP contribution in [-0.4, -0.2) is 90.5 Å². The van der Waals surface area contributed by atoms with Gasteiger partial charge >= 0.3 is 6.01 Å². The van der Waals surface area contributed by atoms with E-state index in [0.29, 0.717) is 48.2 Å². The summed E-state index contributed by atoms with van der Waals surface area (Å²) < 4.78 is 37.0. The van der Waals surface area contributed by atoms with E-state index in [1.54, 1.807) is 24.4 Å². The molecule has 40 heavy (non-hydrogen) atoms. The predicted molar refractivity (Wildman–Crippen MR) is 144 cm³/mol. The molecule has 2 saturated heterocycles. The van der Waals surface area contributed by atoms with E-state index in [1.165, 1.54) is 12.1 Å². The zero-order chi connectivity index (χ0) is 28.1. The van der Waals surface area contributed by atoms with E-state index in [1.807, 2.05) is 25.9 Å². The average Bonchev–Trinajstić information content (AvgIpc) is 3.63. The first kappa shape index (κ1) is 28.1. The number of benzene rings is 1. The Hall–Kier alpha value is -3.45. The van der Waals surface area contributed by atoms with Gasteiger partial charge in [-0.2, -0.15) is 4.98 Å². The number of rotatable bonds is 10. The van der Waals surface area contributed by atoms with E-state index in [2.05, 4.69) is 20.3 Å². The summed E-state index contributed by atoms with van der Waals surface area (Å²) in [5, 5.41) is 2.97. The lowest BCUT2D eigenvalue weighted by Crippen LogP contribution is -2.49. The van der Waals surface area contributed by atoms with Gasteiger partial charge in [-0.25, -0.2) is 14.4 Å². The summed E-state index contributed by atoms with van der Waals surface area (Å²) in [4.78, 5) is 31.7. The topological polar surface area (TPSA) is 124 Å². The van der Waals surface area contributed by atoms with Crippen molar-refractivity contribution in [2.45, 2.75) is 32.2 Å². The highest BCUT2D eigenvalue weighted by atomic mass is 19.1. The number of hydrogen-bond donors (Lipinski definition) is 2. The number of aromatic nitrogens is 4. The molecule has 2 aliphatic heterocycles. The molecule has 3 aromatic rings. The molecule has 5 rings (SSSR count). The molecule has 1 aromatic carbocycles. The largest absolute Gasteiger partial charge is 0.462 e. The van der Waals surface area contributed by atoms with Crippen LogP contribution >= 0.6 is 0 Å². The highest BCUT2D eigenvalue weighted by molar-refractivity contribution is 5.82. The molecule has 1 unspecified atom stereocenters. The van der Waals surface area contributed by atoms with Gasteiger partial charge < -0.3 is 34.1 Å². The first-order valence-electron chi connectivity index (χ1n) is 13.4. The Morgan fingerprint density at radius 1 is 1.18 bits per heavy atom. The van der Waals surface area contributed by atoms with Crippen LogP contribution in [0.1, 0.15) is 31.9 Å². The van der Waals surface area contributed by atoms with Gasteiger partial charge in [0.15, 0.2) is 5.82 Å². The molecule has 0 bridgehead atoms. The van der Waals surface area contributed by atoms with Gasteiger partial charge in [0.05, 0.1) is 41.8 Å². The van der Waals surface area contributed by atoms with E-state index in [0.717, 1.165) is 19.4 Å². The number of hydrogen-bond acceptors (Lipinski definition) is 9. The molecule has 2 fully saturated rings. The highest BCUT2D eigenvalue weighted by Crippen LogP contribution is 2.35. The maximum Gasteiger partial charge on any atom is 0.316 e. The van der Waals surface area contributed by atoms with E-state index < -0.39 is 11.7 Å². The fourth-order valence-electron chi connectivity index (χ4n) is 4.50. The minimum Gasteiger partial charge on any atom is -0.462 e. The first-order valence-corrected chi connectivity index (χ1v) is 13.4. The average molecular weight is 555 g/mol. The third-order valence-corrected chi connectivity index (χ3v) is 6.89. The van der Waals surface area contributed by atoms with Crippen molar-refractivity contribution in [1.29, 1.82) is 0 Å². The van der Waals surface area contributed by atoms with Crippen LogP contribution in [0, 0.1) is 11.2 Å². The lowest BCUT2D eigenvalue weighted by Gasteiger charge is -2.35. The van der Waals surface area contributed by atoms with E-state index in [4.69, 9.17) is 23.9 Å². The molecular formula is C28H35FN6O5. The van der Waals surface area contributed by atoms with Gasteiger partial charge in [0.2, 0.25) is 12.2 Å². The second-order valence-electron chi connectivity index (χ2n) is 10.6. The van der Waals surface area contributed by atoms with Crippen molar-refractivity contribution in [3.8, 4) is 28.7 Å². The van der Waals surface area contributed by atoms with Gasteiger partial charge in [-0.1, -0.05) is 0 Å². The van der Waals surface area contributed by atoms with E-state index in [9.17, 15) is 9.18 Å². The fraction of sp³-hybridized carbons (Fsp3) is 0.500. The number of carbonyl (C=O) groups is 1. The molecular weight excluding hydrogens is 519 g/mol. The third-order valence-electron chi connectivity index (χ3n) is 6.89. The summed E-state index contributed by atoms with van der Waals surface area (Å²) in [5.74, 6) is -0.0862. The SMILES string of the molecule is CN(C)CCOc1nccc(-c2[nH]c(C3OCC(C)(C(=O)NCC4CCCO4)CO3)nc2-c2ccc(F)cc2)n1. The second-order valence-corrected chi connectivity index (χ2v) is 10.6. The number of ether oxygens (including phenoxy) is 4. The van der Waals surface area contributed by atoms with Crippen LogP contribution in [0.3, 0.4) is 0 Å². The molecule has 11 nitrogen and oxygen atoms in total. The van der Waals surface area contributed by atoms with Gasteiger partial charge in [-0.3, -0.25) is 4.79 Å². The number of nitrogens with one attached hydrogen (secondary N) is 2. The quantitative estimate of drug-likeness (QED) is 0.389. The smallest absolute Gasteiger partial charge is 0.316 e. The van der Waals surface area contributed by atoms with Crippen molar-refractivity contribution in [3.05, 3.63) is 48.2 Å². The second kappa shape index (κ2) is 12.4. The van der Waals surface area contributed by atoms with E-state index >= 15 is 0 Å². The number of H-pyrrole nitrogens is 1. The molecule has 4 heterocycles. The molecule has 1 amide bonds. The van der Waals surface area contributed by atoms with Crippen LogP contribution < -0.4 is 10.1 Å². The number of nitrogens with zero attached hydrogens (tertiary/aromatic N) is 4. The third kappa shape index (κ3) is 6.64. The number of halogens is 1. The Morgan fingerprint density at radius 3 is 2.65 bits per heavy atom. The Balaban J connectivity index is 1.34. The molecule has 12 heteroatoms. The minimum absolute atomic E-state index is 0.0536. The van der Waals surface area contributed by atoms with Gasteiger partial charge in [0.1, 0.15) is 12.4 Å². The summed E-state index contributed by atoms with van der Waals surface area (Å²) >= 11 is 0. The van der Waals surface area contributed by atoms with Crippen molar-refractivity contribution < 1.29 is 28.1 Å². The minimum atomic E-state index is -0.851. The van der Waals surface area contributed by atoms with Gasteiger partial charge in [0.25, 0.3) is 0 Å². The van der Waals surface area contributed by atoms with Crippen LogP contribution in [0.25, 0.3) is 22.6 Å². The highest BCUT2D eigenvalue weighted by Gasteiger charge is 2.41.